The van der Waals surface area contributed by atoms with Crippen LogP contribution in [0, 0.1) is 6.92 Å². The molecule has 0 unspecified atom stereocenters. The lowest BCUT2D eigenvalue weighted by Gasteiger charge is -2.29. The van der Waals surface area contributed by atoms with Gasteiger partial charge in [0, 0.05) is 17.9 Å². The van der Waals surface area contributed by atoms with Crippen LogP contribution in [0.25, 0.3) is 0 Å². The molecule has 0 radical (unpaired) electrons. The van der Waals surface area contributed by atoms with Crippen molar-refractivity contribution in [1.82, 2.24) is 0 Å². The minimum absolute atomic E-state index is 0.0317. The van der Waals surface area contributed by atoms with Crippen LogP contribution in [0.4, 0.5) is 11.4 Å². The Bertz CT molecular complexity index is 752. The summed E-state index contributed by atoms with van der Waals surface area (Å²) in [5, 5.41) is 3.00. The highest BCUT2D eigenvalue weighted by Crippen LogP contribution is 2.26. The molecule has 0 fully saturated rings. The van der Waals surface area contributed by atoms with E-state index in [0.29, 0.717) is 0 Å². The second-order valence-corrected chi connectivity index (χ2v) is 5.97. The molecule has 0 aromatic heterocycles. The number of rotatable bonds is 3. The highest BCUT2D eigenvalue weighted by molar-refractivity contribution is 5.99. The largest absolute Gasteiger partial charge is 0.370 e. The second kappa shape index (κ2) is 7.17. The van der Waals surface area contributed by atoms with Gasteiger partial charge in [-0.05, 0) is 43.5 Å². The van der Waals surface area contributed by atoms with Crippen LogP contribution >= 0.6 is 0 Å². The van der Waals surface area contributed by atoms with Gasteiger partial charge in [-0.15, -0.1) is 0 Å². The van der Waals surface area contributed by atoms with E-state index in [0.717, 1.165) is 30.8 Å². The highest BCUT2D eigenvalue weighted by atomic mass is 16.2. The zero-order valence-electron chi connectivity index (χ0n) is 13.8. The minimum atomic E-state index is -0.0317. The van der Waals surface area contributed by atoms with Gasteiger partial charge in [-0.1, -0.05) is 35.9 Å². The molecule has 2 aromatic carbocycles. The van der Waals surface area contributed by atoms with Gasteiger partial charge in [0.05, 0.1) is 0 Å². The third-order valence-electron chi connectivity index (χ3n) is 4.12. The lowest BCUT2D eigenvalue weighted by atomic mass is 10.0. The molecule has 24 heavy (non-hydrogen) atoms. The van der Waals surface area contributed by atoms with Gasteiger partial charge in [0.25, 0.3) is 0 Å². The smallest absolute Gasteiger partial charge is 0.248 e. The van der Waals surface area contributed by atoms with E-state index < -0.39 is 0 Å². The van der Waals surface area contributed by atoms with Crippen LogP contribution < -0.4 is 16.0 Å². The van der Waals surface area contributed by atoms with Crippen molar-refractivity contribution in [3.63, 3.8) is 0 Å². The molecule has 124 valence electrons. The fraction of sp³-hybridized carbons (Fsp3) is 0.263. The molecule has 1 amide bonds. The molecule has 1 aliphatic heterocycles. The third kappa shape index (κ3) is 3.74. The monoisotopic (exact) mass is 322 g/mol. The van der Waals surface area contributed by atoms with Crippen molar-refractivity contribution in [2.75, 3.05) is 23.3 Å². The van der Waals surface area contributed by atoms with E-state index in [9.17, 15) is 4.79 Å². The number of carbonyl (C=O) groups excluding carboxylic acids is 1. The van der Waals surface area contributed by atoms with E-state index in [1.807, 2.05) is 54.3 Å². The maximum atomic E-state index is 12.5. The topological polar surface area (TPSA) is 70.7 Å². The summed E-state index contributed by atoms with van der Waals surface area (Å²) in [5.41, 5.74) is 10.1. The van der Waals surface area contributed by atoms with E-state index in [-0.39, 0.29) is 18.4 Å². The number of nitrogens with one attached hydrogen (secondary N) is 1. The van der Waals surface area contributed by atoms with E-state index in [2.05, 4.69) is 16.4 Å². The number of hydrogen-bond acceptors (Lipinski definition) is 2. The molecule has 0 saturated carbocycles. The maximum Gasteiger partial charge on any atom is 0.248 e. The first-order valence-corrected chi connectivity index (χ1v) is 8.15. The van der Waals surface area contributed by atoms with Crippen molar-refractivity contribution in [1.29, 1.82) is 0 Å². The van der Waals surface area contributed by atoms with Gasteiger partial charge in [0.1, 0.15) is 6.54 Å². The Kier molecular flexibility index (Phi) is 4.79. The van der Waals surface area contributed by atoms with Crippen molar-refractivity contribution in [3.8, 4) is 0 Å². The Labute approximate surface area is 142 Å². The van der Waals surface area contributed by atoms with Gasteiger partial charge >= 0.3 is 0 Å². The van der Waals surface area contributed by atoms with E-state index in [1.54, 1.807) is 0 Å². The number of fused-ring (bicyclic) bond motifs is 1. The molecular formula is C19H22N4O. The fourth-order valence-corrected chi connectivity index (χ4v) is 2.86. The molecule has 0 atom stereocenters. The Morgan fingerprint density at radius 2 is 1.96 bits per heavy atom. The van der Waals surface area contributed by atoms with Crippen LogP contribution in [0.3, 0.4) is 0 Å². The summed E-state index contributed by atoms with van der Waals surface area (Å²) >= 11 is 0. The number of aliphatic imine (C=N–C) groups is 1. The van der Waals surface area contributed by atoms with Crippen LogP contribution in [0.1, 0.15) is 17.5 Å². The number of aryl methyl sites for hydroxylation is 2. The van der Waals surface area contributed by atoms with Crippen molar-refractivity contribution >= 4 is 23.2 Å². The summed E-state index contributed by atoms with van der Waals surface area (Å²) in [5.74, 6) is 0.216. The quantitative estimate of drug-likeness (QED) is 0.674. The molecule has 0 aliphatic carbocycles. The maximum absolute atomic E-state index is 12.5. The zero-order chi connectivity index (χ0) is 16.9. The van der Waals surface area contributed by atoms with E-state index in [4.69, 9.17) is 5.73 Å². The summed E-state index contributed by atoms with van der Waals surface area (Å²) in [6.07, 6.45) is 1.99. The third-order valence-corrected chi connectivity index (χ3v) is 4.12. The Morgan fingerprint density at radius 1 is 1.21 bits per heavy atom. The predicted molar refractivity (Wildman–Crippen MR) is 98.4 cm³/mol. The second-order valence-electron chi connectivity index (χ2n) is 5.97. The molecule has 0 spiro atoms. The zero-order valence-corrected chi connectivity index (χ0v) is 13.8. The van der Waals surface area contributed by atoms with Gasteiger partial charge in [0.2, 0.25) is 5.91 Å². The van der Waals surface area contributed by atoms with Gasteiger partial charge in [-0.3, -0.25) is 4.79 Å². The van der Waals surface area contributed by atoms with Gasteiger partial charge in [-0.25, -0.2) is 4.99 Å². The highest BCUT2D eigenvalue weighted by Gasteiger charge is 2.21. The number of hydrogen-bond donors (Lipinski definition) is 2. The number of carbonyl (C=O) groups is 1. The van der Waals surface area contributed by atoms with Crippen molar-refractivity contribution < 1.29 is 4.79 Å². The Balaban J connectivity index is 1.64. The first-order chi connectivity index (χ1) is 11.6. The van der Waals surface area contributed by atoms with Gasteiger partial charge < -0.3 is 16.0 Å². The molecule has 3 N–H and O–H groups in total. The number of para-hydroxylation sites is 1. The van der Waals surface area contributed by atoms with Gasteiger partial charge in [0.15, 0.2) is 5.96 Å². The summed E-state index contributed by atoms with van der Waals surface area (Å²) in [6.45, 7) is 2.80. The van der Waals surface area contributed by atoms with Crippen molar-refractivity contribution in [3.05, 3.63) is 59.7 Å². The number of guanidine groups is 1. The number of nitrogens with zero attached hydrogens (tertiary/aromatic N) is 2. The van der Waals surface area contributed by atoms with Crippen molar-refractivity contribution in [2.45, 2.75) is 19.8 Å². The molecule has 5 nitrogen and oxygen atoms in total. The summed E-state index contributed by atoms with van der Waals surface area (Å²) in [6, 6.07) is 15.9. The van der Waals surface area contributed by atoms with Crippen LogP contribution in [-0.4, -0.2) is 25.0 Å². The number of anilines is 2. The Hall–Kier alpha value is -2.82. The summed E-state index contributed by atoms with van der Waals surface area (Å²) in [7, 11) is 0. The SMILES string of the molecule is Cc1ccc(NC(N)=NCC(=O)N2CCCc3ccccc32)cc1. The molecule has 3 rings (SSSR count). The molecule has 1 heterocycles. The lowest BCUT2D eigenvalue weighted by molar-refractivity contribution is -0.117. The average Bonchev–Trinajstić information content (AvgIpc) is 2.61. The number of amides is 1. The Morgan fingerprint density at radius 3 is 2.75 bits per heavy atom. The molecule has 5 heteroatoms. The average molecular weight is 322 g/mol. The van der Waals surface area contributed by atoms with Crippen LogP contribution in [0.2, 0.25) is 0 Å². The summed E-state index contributed by atoms with van der Waals surface area (Å²) in [4.78, 5) is 18.5. The summed E-state index contributed by atoms with van der Waals surface area (Å²) < 4.78 is 0. The lowest BCUT2D eigenvalue weighted by Crippen LogP contribution is -2.37. The molecule has 0 bridgehead atoms. The van der Waals surface area contributed by atoms with Crippen LogP contribution in [-0.2, 0) is 11.2 Å². The van der Waals surface area contributed by atoms with E-state index in [1.165, 1.54) is 11.1 Å². The number of nitrogens with two attached hydrogens (primary N) is 1. The normalized spacial score (nSPS) is 14.2. The van der Waals surface area contributed by atoms with Crippen LogP contribution in [0.15, 0.2) is 53.5 Å². The van der Waals surface area contributed by atoms with Crippen molar-refractivity contribution in [2.24, 2.45) is 10.7 Å². The van der Waals surface area contributed by atoms with Crippen LogP contribution in [0.5, 0.6) is 0 Å². The molecule has 0 saturated heterocycles. The standard InChI is InChI=1S/C19H22N4O/c1-14-8-10-16(11-9-14)22-19(20)21-13-18(24)23-12-4-6-15-5-2-3-7-17(15)23/h2-3,5,7-11H,4,6,12-13H2,1H3,(H3,20,21,22). The molecule has 2 aromatic rings. The minimum Gasteiger partial charge on any atom is -0.370 e. The van der Waals surface area contributed by atoms with Gasteiger partial charge in [-0.2, -0.15) is 0 Å². The van der Waals surface area contributed by atoms with E-state index >= 15 is 0 Å². The first kappa shape index (κ1) is 16.1. The fourth-order valence-electron chi connectivity index (χ4n) is 2.86. The molecule has 1 aliphatic rings. The first-order valence-electron chi connectivity index (χ1n) is 8.15. The molecular weight excluding hydrogens is 300 g/mol. The number of benzene rings is 2. The predicted octanol–water partition coefficient (Wildman–Crippen LogP) is 2.70.